The number of aliphatic hydroxyl groups excluding tert-OH is 1. The zero-order valence-corrected chi connectivity index (χ0v) is 14.9. The minimum atomic E-state index is -0.512. The van der Waals surface area contributed by atoms with Gasteiger partial charge in [0, 0.05) is 5.92 Å². The Morgan fingerprint density at radius 1 is 0.950 bits per heavy atom. The van der Waals surface area contributed by atoms with E-state index >= 15 is 0 Å². The number of rotatable bonds is 7. The zero-order valence-electron chi connectivity index (χ0n) is 14.9. The molecule has 0 radical (unpaired) electrons. The van der Waals surface area contributed by atoms with Crippen LogP contribution in [-0.2, 0) is 4.79 Å². The van der Waals surface area contributed by atoms with E-state index in [0.717, 1.165) is 25.5 Å². The van der Waals surface area contributed by atoms with Gasteiger partial charge in [0.05, 0.1) is 6.10 Å². The van der Waals surface area contributed by atoms with Gasteiger partial charge < -0.3 is 9.90 Å². The van der Waals surface area contributed by atoms with Crippen molar-refractivity contribution >= 4 is 6.29 Å². The van der Waals surface area contributed by atoms with Crippen LogP contribution < -0.4 is 0 Å². The first-order valence-electron chi connectivity index (χ1n) is 7.99. The Hall–Kier alpha value is -0.370. The molecule has 0 aliphatic heterocycles. The maximum Gasteiger partial charge on any atom is 0.125 e. The molecule has 0 bridgehead atoms. The molecule has 0 fully saturated rings. The lowest BCUT2D eigenvalue weighted by Gasteiger charge is -2.31. The molecule has 2 nitrogen and oxygen atoms in total. The third kappa shape index (κ3) is 8.73. The molecule has 0 aliphatic rings. The van der Waals surface area contributed by atoms with Crippen LogP contribution in [0, 0.1) is 28.6 Å². The Morgan fingerprint density at radius 2 is 1.40 bits per heavy atom. The SMILES string of the molecule is CC(CC(O)C(C=O)C(C)CC(C)(C)C)CC(C)(C)C. The highest BCUT2D eigenvalue weighted by Crippen LogP contribution is 2.33. The standard InChI is InChI=1S/C18H36O2/c1-13(10-17(3,4)5)9-16(20)15(12-19)14(2)11-18(6,7)8/h12-16,20H,9-11H2,1-8H3. The summed E-state index contributed by atoms with van der Waals surface area (Å²) < 4.78 is 0. The van der Waals surface area contributed by atoms with Crippen molar-refractivity contribution in [3.05, 3.63) is 0 Å². The summed E-state index contributed by atoms with van der Waals surface area (Å²) in [5, 5.41) is 10.4. The van der Waals surface area contributed by atoms with Gasteiger partial charge in [-0.1, -0.05) is 55.4 Å². The summed E-state index contributed by atoms with van der Waals surface area (Å²) in [6.07, 6.45) is 3.20. The van der Waals surface area contributed by atoms with E-state index in [1.165, 1.54) is 0 Å². The second kappa shape index (κ2) is 7.59. The number of carbonyl (C=O) groups is 1. The Bertz CT molecular complexity index is 283. The molecule has 0 aromatic rings. The minimum Gasteiger partial charge on any atom is -0.392 e. The van der Waals surface area contributed by atoms with Crippen LogP contribution in [0.4, 0.5) is 0 Å². The van der Waals surface area contributed by atoms with Gasteiger partial charge in [-0.05, 0) is 41.9 Å². The Labute approximate surface area is 126 Å². The van der Waals surface area contributed by atoms with Crippen LogP contribution in [0.15, 0.2) is 0 Å². The summed E-state index contributed by atoms with van der Waals surface area (Å²) in [5.41, 5.74) is 0.463. The van der Waals surface area contributed by atoms with Crippen LogP contribution in [0.3, 0.4) is 0 Å². The Morgan fingerprint density at radius 3 is 1.75 bits per heavy atom. The predicted octanol–water partition coefficient (Wildman–Crippen LogP) is 4.70. The molecular weight excluding hydrogens is 248 g/mol. The van der Waals surface area contributed by atoms with E-state index in [4.69, 9.17) is 0 Å². The fourth-order valence-corrected chi connectivity index (χ4v) is 3.40. The number of aldehydes is 1. The average molecular weight is 284 g/mol. The molecule has 0 spiro atoms. The van der Waals surface area contributed by atoms with Crippen molar-refractivity contribution in [2.75, 3.05) is 0 Å². The highest BCUT2D eigenvalue weighted by molar-refractivity contribution is 5.55. The highest BCUT2D eigenvalue weighted by Gasteiger charge is 2.29. The smallest absolute Gasteiger partial charge is 0.125 e. The normalized spacial score (nSPS) is 19.2. The molecule has 4 atom stereocenters. The van der Waals surface area contributed by atoms with Crippen LogP contribution in [0.1, 0.15) is 74.7 Å². The quantitative estimate of drug-likeness (QED) is 0.688. The predicted molar refractivity (Wildman–Crippen MR) is 86.6 cm³/mol. The first kappa shape index (κ1) is 19.6. The van der Waals surface area contributed by atoms with Gasteiger partial charge in [0.1, 0.15) is 6.29 Å². The molecule has 0 heterocycles. The molecule has 20 heavy (non-hydrogen) atoms. The molecule has 0 aromatic heterocycles. The molecule has 0 amide bonds. The monoisotopic (exact) mass is 284 g/mol. The van der Waals surface area contributed by atoms with Crippen molar-refractivity contribution in [3.8, 4) is 0 Å². The maximum atomic E-state index is 11.4. The second-order valence-electron chi connectivity index (χ2n) is 9.13. The molecule has 2 heteroatoms. The first-order chi connectivity index (χ1) is 8.85. The third-order valence-electron chi connectivity index (χ3n) is 3.80. The van der Waals surface area contributed by atoms with Gasteiger partial charge in [-0.2, -0.15) is 0 Å². The van der Waals surface area contributed by atoms with Crippen molar-refractivity contribution in [2.24, 2.45) is 28.6 Å². The van der Waals surface area contributed by atoms with E-state index in [2.05, 4.69) is 55.4 Å². The molecule has 0 saturated carbocycles. The minimum absolute atomic E-state index is 0.192. The van der Waals surface area contributed by atoms with Gasteiger partial charge in [-0.3, -0.25) is 0 Å². The van der Waals surface area contributed by atoms with Crippen molar-refractivity contribution in [2.45, 2.75) is 80.8 Å². The molecular formula is C18H36O2. The summed E-state index contributed by atoms with van der Waals surface area (Å²) in [6.45, 7) is 17.5. The fraction of sp³-hybridized carbons (Fsp3) is 0.944. The van der Waals surface area contributed by atoms with Crippen molar-refractivity contribution in [1.29, 1.82) is 0 Å². The maximum absolute atomic E-state index is 11.4. The topological polar surface area (TPSA) is 37.3 Å². The largest absolute Gasteiger partial charge is 0.392 e. The van der Waals surface area contributed by atoms with Crippen LogP contribution in [0.5, 0.6) is 0 Å². The van der Waals surface area contributed by atoms with E-state index in [9.17, 15) is 9.90 Å². The summed E-state index contributed by atoms with van der Waals surface area (Å²) >= 11 is 0. The van der Waals surface area contributed by atoms with Gasteiger partial charge in [-0.15, -0.1) is 0 Å². The summed E-state index contributed by atoms with van der Waals surface area (Å²) in [4.78, 5) is 11.4. The summed E-state index contributed by atoms with van der Waals surface area (Å²) in [5.74, 6) is 0.426. The molecule has 0 rings (SSSR count). The zero-order chi connectivity index (χ0) is 16.1. The Kier molecular flexibility index (Phi) is 7.44. The fourth-order valence-electron chi connectivity index (χ4n) is 3.40. The average Bonchev–Trinajstić information content (AvgIpc) is 2.11. The third-order valence-corrected chi connectivity index (χ3v) is 3.80. The molecule has 120 valence electrons. The molecule has 0 saturated heterocycles. The lowest BCUT2D eigenvalue weighted by atomic mass is 9.75. The first-order valence-corrected chi connectivity index (χ1v) is 7.99. The van der Waals surface area contributed by atoms with Crippen LogP contribution >= 0.6 is 0 Å². The summed E-state index contributed by atoms with van der Waals surface area (Å²) in [6, 6.07) is 0. The number of hydrogen-bond donors (Lipinski definition) is 1. The van der Waals surface area contributed by atoms with Gasteiger partial charge in [0.25, 0.3) is 0 Å². The van der Waals surface area contributed by atoms with Crippen LogP contribution in [0.25, 0.3) is 0 Å². The van der Waals surface area contributed by atoms with E-state index in [0.29, 0.717) is 5.92 Å². The van der Waals surface area contributed by atoms with E-state index in [1.807, 2.05) is 0 Å². The number of hydrogen-bond acceptors (Lipinski definition) is 2. The van der Waals surface area contributed by atoms with Crippen LogP contribution in [0.2, 0.25) is 0 Å². The molecule has 0 aliphatic carbocycles. The van der Waals surface area contributed by atoms with E-state index < -0.39 is 6.10 Å². The Balaban J connectivity index is 4.54. The second-order valence-corrected chi connectivity index (χ2v) is 9.13. The lowest BCUT2D eigenvalue weighted by Crippen LogP contribution is -2.32. The lowest BCUT2D eigenvalue weighted by molar-refractivity contribution is -0.117. The van der Waals surface area contributed by atoms with Gasteiger partial charge >= 0.3 is 0 Å². The summed E-state index contributed by atoms with van der Waals surface area (Å²) in [7, 11) is 0. The molecule has 1 N–H and O–H groups in total. The molecule has 4 unspecified atom stereocenters. The van der Waals surface area contributed by atoms with E-state index in [-0.39, 0.29) is 22.7 Å². The molecule has 0 aromatic carbocycles. The van der Waals surface area contributed by atoms with E-state index in [1.54, 1.807) is 0 Å². The number of aliphatic hydroxyl groups is 1. The van der Waals surface area contributed by atoms with Crippen molar-refractivity contribution in [3.63, 3.8) is 0 Å². The van der Waals surface area contributed by atoms with Crippen LogP contribution in [-0.4, -0.2) is 17.5 Å². The van der Waals surface area contributed by atoms with Gasteiger partial charge in [0.15, 0.2) is 0 Å². The highest BCUT2D eigenvalue weighted by atomic mass is 16.3. The number of carbonyl (C=O) groups excluding carboxylic acids is 1. The van der Waals surface area contributed by atoms with Crippen molar-refractivity contribution < 1.29 is 9.90 Å². The van der Waals surface area contributed by atoms with Gasteiger partial charge in [0.2, 0.25) is 0 Å². The van der Waals surface area contributed by atoms with Gasteiger partial charge in [-0.25, -0.2) is 0 Å². The van der Waals surface area contributed by atoms with Crippen molar-refractivity contribution in [1.82, 2.24) is 0 Å².